The molecule has 1 aromatic rings. The monoisotopic (exact) mass is 461 g/mol. The zero-order valence-electron chi connectivity index (χ0n) is 15.0. The number of hydrogen-bond acceptors (Lipinski definition) is 2. The molecule has 2 rings (SSSR count). The molecule has 0 bridgehead atoms. The molecule has 5 heteroatoms. The average Bonchev–Trinajstić information content (AvgIpc) is 3.33. The number of benzene rings is 1. The molecule has 1 aromatic carbocycles. The SMILES string of the molecule is CCNC(=NCC1(Cc2ccccc2)CC1)NCCCCSC.I. The van der Waals surface area contributed by atoms with E-state index < -0.39 is 0 Å². The predicted molar refractivity (Wildman–Crippen MR) is 119 cm³/mol. The van der Waals surface area contributed by atoms with Gasteiger partial charge in [0.15, 0.2) is 5.96 Å². The summed E-state index contributed by atoms with van der Waals surface area (Å²) in [6.07, 6.45) is 8.41. The second kappa shape index (κ2) is 12.0. The van der Waals surface area contributed by atoms with Crippen molar-refractivity contribution in [1.29, 1.82) is 0 Å². The molecule has 0 amide bonds. The number of unbranched alkanes of at least 4 members (excludes halogenated alkanes) is 1. The van der Waals surface area contributed by atoms with E-state index in [1.165, 1.54) is 37.0 Å². The highest BCUT2D eigenvalue weighted by Gasteiger charge is 2.42. The molecule has 0 spiro atoms. The standard InChI is InChI=1S/C19H31N3S.HI/c1-3-20-18(21-13-7-8-14-23-2)22-16-19(11-12-19)15-17-9-5-4-6-10-17;/h4-6,9-10H,3,7-8,11-16H2,1-2H3,(H2,20,21,22);1H. The maximum atomic E-state index is 4.85. The summed E-state index contributed by atoms with van der Waals surface area (Å²) >= 11 is 1.92. The van der Waals surface area contributed by atoms with Crippen LogP contribution in [0, 0.1) is 5.41 Å². The lowest BCUT2D eigenvalue weighted by Gasteiger charge is -2.15. The first kappa shape index (κ1) is 21.6. The third kappa shape index (κ3) is 8.10. The minimum absolute atomic E-state index is 0. The Morgan fingerprint density at radius 3 is 2.54 bits per heavy atom. The van der Waals surface area contributed by atoms with E-state index in [1.807, 2.05) is 11.8 Å². The van der Waals surface area contributed by atoms with E-state index >= 15 is 0 Å². The molecule has 0 saturated heterocycles. The van der Waals surface area contributed by atoms with Gasteiger partial charge in [0.1, 0.15) is 0 Å². The van der Waals surface area contributed by atoms with Crippen LogP contribution in [0.3, 0.4) is 0 Å². The molecule has 0 aromatic heterocycles. The van der Waals surface area contributed by atoms with E-state index in [-0.39, 0.29) is 24.0 Å². The third-order valence-corrected chi connectivity index (χ3v) is 5.06. The largest absolute Gasteiger partial charge is 0.357 e. The molecule has 0 heterocycles. The Kier molecular flexibility index (Phi) is 10.8. The molecule has 1 aliphatic rings. The summed E-state index contributed by atoms with van der Waals surface area (Å²) in [7, 11) is 0. The third-order valence-electron chi connectivity index (χ3n) is 4.36. The Balaban J connectivity index is 0.00000288. The highest BCUT2D eigenvalue weighted by atomic mass is 127. The van der Waals surface area contributed by atoms with Crippen molar-refractivity contribution in [1.82, 2.24) is 10.6 Å². The molecule has 0 atom stereocenters. The molecule has 1 saturated carbocycles. The average molecular weight is 461 g/mol. The highest BCUT2D eigenvalue weighted by Crippen LogP contribution is 2.48. The minimum atomic E-state index is 0. The van der Waals surface area contributed by atoms with Crippen LogP contribution in [0.5, 0.6) is 0 Å². The van der Waals surface area contributed by atoms with Crippen LogP contribution in [0.15, 0.2) is 35.3 Å². The van der Waals surface area contributed by atoms with Crippen molar-refractivity contribution in [2.24, 2.45) is 10.4 Å². The fourth-order valence-corrected chi connectivity index (χ4v) is 3.26. The van der Waals surface area contributed by atoms with Crippen LogP contribution in [-0.2, 0) is 6.42 Å². The van der Waals surface area contributed by atoms with Crippen LogP contribution in [-0.4, -0.2) is 37.6 Å². The van der Waals surface area contributed by atoms with Crippen molar-refractivity contribution in [3.63, 3.8) is 0 Å². The number of nitrogens with one attached hydrogen (secondary N) is 2. The Labute approximate surface area is 168 Å². The van der Waals surface area contributed by atoms with Crippen LogP contribution in [0.2, 0.25) is 0 Å². The molecule has 1 aliphatic carbocycles. The van der Waals surface area contributed by atoms with Gasteiger partial charge in [-0.15, -0.1) is 24.0 Å². The fraction of sp³-hybridized carbons (Fsp3) is 0.632. The van der Waals surface area contributed by atoms with E-state index in [1.54, 1.807) is 0 Å². The summed E-state index contributed by atoms with van der Waals surface area (Å²) in [6.45, 7) is 4.99. The van der Waals surface area contributed by atoms with Gasteiger partial charge < -0.3 is 10.6 Å². The topological polar surface area (TPSA) is 36.4 Å². The van der Waals surface area contributed by atoms with Gasteiger partial charge in [-0.25, -0.2) is 0 Å². The van der Waals surface area contributed by atoms with Gasteiger partial charge in [-0.05, 0) is 62.0 Å². The van der Waals surface area contributed by atoms with Crippen molar-refractivity contribution < 1.29 is 0 Å². The highest BCUT2D eigenvalue weighted by molar-refractivity contribution is 14.0. The van der Waals surface area contributed by atoms with Gasteiger partial charge in [0, 0.05) is 19.6 Å². The lowest BCUT2D eigenvalue weighted by Crippen LogP contribution is -2.38. The first-order valence-corrected chi connectivity index (χ1v) is 10.2. The molecule has 136 valence electrons. The zero-order valence-corrected chi connectivity index (χ0v) is 18.2. The van der Waals surface area contributed by atoms with E-state index in [2.05, 4.69) is 54.1 Å². The number of aliphatic imine (C=N–C) groups is 1. The van der Waals surface area contributed by atoms with Gasteiger partial charge in [-0.3, -0.25) is 4.99 Å². The molecule has 0 radical (unpaired) electrons. The normalized spacial score (nSPS) is 15.5. The molecule has 24 heavy (non-hydrogen) atoms. The van der Waals surface area contributed by atoms with E-state index in [4.69, 9.17) is 4.99 Å². The van der Waals surface area contributed by atoms with Gasteiger partial charge in [-0.2, -0.15) is 11.8 Å². The maximum Gasteiger partial charge on any atom is 0.191 e. The fourth-order valence-electron chi connectivity index (χ4n) is 2.76. The van der Waals surface area contributed by atoms with E-state index in [9.17, 15) is 0 Å². The number of rotatable bonds is 10. The number of halogens is 1. The lowest BCUT2D eigenvalue weighted by molar-refractivity contribution is 0.519. The predicted octanol–water partition coefficient (Wildman–Crippen LogP) is 4.33. The van der Waals surface area contributed by atoms with Crippen LogP contribution >= 0.6 is 35.7 Å². The van der Waals surface area contributed by atoms with Crippen LogP contribution in [0.4, 0.5) is 0 Å². The molecule has 3 nitrogen and oxygen atoms in total. The quantitative estimate of drug-likeness (QED) is 0.236. The number of hydrogen-bond donors (Lipinski definition) is 2. The van der Waals surface area contributed by atoms with E-state index in [0.29, 0.717) is 5.41 Å². The second-order valence-electron chi connectivity index (χ2n) is 6.48. The zero-order chi connectivity index (χ0) is 16.4. The molecule has 0 unspecified atom stereocenters. The summed E-state index contributed by atoms with van der Waals surface area (Å²) in [5.41, 5.74) is 1.85. The number of nitrogens with zero attached hydrogens (tertiary/aromatic N) is 1. The molecule has 0 aliphatic heterocycles. The Morgan fingerprint density at radius 2 is 1.92 bits per heavy atom. The van der Waals surface area contributed by atoms with Crippen molar-refractivity contribution in [3.05, 3.63) is 35.9 Å². The van der Waals surface area contributed by atoms with Crippen LogP contribution < -0.4 is 10.6 Å². The van der Waals surface area contributed by atoms with Gasteiger partial charge in [-0.1, -0.05) is 30.3 Å². The van der Waals surface area contributed by atoms with Gasteiger partial charge in [0.25, 0.3) is 0 Å². The smallest absolute Gasteiger partial charge is 0.191 e. The molecule has 1 fully saturated rings. The van der Waals surface area contributed by atoms with E-state index in [0.717, 1.165) is 32.0 Å². The van der Waals surface area contributed by atoms with Crippen molar-refractivity contribution >= 4 is 41.7 Å². The summed E-state index contributed by atoms with van der Waals surface area (Å²) in [6, 6.07) is 10.8. The number of guanidine groups is 1. The second-order valence-corrected chi connectivity index (χ2v) is 7.47. The number of thioether (sulfide) groups is 1. The molecular weight excluding hydrogens is 429 g/mol. The Morgan fingerprint density at radius 1 is 1.17 bits per heavy atom. The maximum absolute atomic E-state index is 4.85. The minimum Gasteiger partial charge on any atom is -0.357 e. The van der Waals surface area contributed by atoms with Gasteiger partial charge in [0.2, 0.25) is 0 Å². The first-order valence-electron chi connectivity index (χ1n) is 8.83. The van der Waals surface area contributed by atoms with Crippen molar-refractivity contribution in [2.45, 2.75) is 39.0 Å². The lowest BCUT2D eigenvalue weighted by atomic mass is 9.97. The van der Waals surface area contributed by atoms with Gasteiger partial charge >= 0.3 is 0 Å². The first-order chi connectivity index (χ1) is 11.3. The summed E-state index contributed by atoms with van der Waals surface area (Å²) in [4.78, 5) is 4.85. The van der Waals surface area contributed by atoms with Crippen LogP contribution in [0.1, 0.15) is 38.2 Å². The van der Waals surface area contributed by atoms with Crippen LogP contribution in [0.25, 0.3) is 0 Å². The Bertz CT molecular complexity index is 475. The molecule has 2 N–H and O–H groups in total. The summed E-state index contributed by atoms with van der Waals surface area (Å²) < 4.78 is 0. The summed E-state index contributed by atoms with van der Waals surface area (Å²) in [5.74, 6) is 2.23. The van der Waals surface area contributed by atoms with Crippen molar-refractivity contribution in [2.75, 3.05) is 31.6 Å². The summed E-state index contributed by atoms with van der Waals surface area (Å²) in [5, 5.41) is 6.84. The molecular formula is C19H32IN3S. The van der Waals surface area contributed by atoms with Crippen molar-refractivity contribution in [3.8, 4) is 0 Å². The Hall–Kier alpha value is -0.430. The van der Waals surface area contributed by atoms with Gasteiger partial charge in [0.05, 0.1) is 0 Å².